The zero-order valence-corrected chi connectivity index (χ0v) is 14.3. The van der Waals surface area contributed by atoms with Gasteiger partial charge in [-0.3, -0.25) is 0 Å². The van der Waals surface area contributed by atoms with Gasteiger partial charge in [0.15, 0.2) is 0 Å². The summed E-state index contributed by atoms with van der Waals surface area (Å²) in [6.45, 7) is 2.94. The van der Waals surface area contributed by atoms with Crippen LogP contribution in [0.3, 0.4) is 0 Å². The maximum absolute atomic E-state index is 6.20. The molecule has 0 fully saturated rings. The number of aromatic amines is 1. The standard InChI is InChI=1S/C20H23ClN2/c1-2-14-7-6-11-18-17(10-3-4-12-22)20(23-19(14)18)15-8-5-9-16(21)13-15/h5-9,11,13,23H,2-4,10,12,22H2,1H3. The van der Waals surface area contributed by atoms with E-state index in [1.807, 2.05) is 18.2 Å². The number of hydrogen-bond acceptors (Lipinski definition) is 1. The summed E-state index contributed by atoms with van der Waals surface area (Å²) in [5.41, 5.74) is 12.0. The number of para-hydroxylation sites is 1. The number of benzene rings is 2. The molecule has 0 bridgehead atoms. The molecular weight excluding hydrogens is 304 g/mol. The molecule has 1 heterocycles. The van der Waals surface area contributed by atoms with Crippen molar-refractivity contribution >= 4 is 22.5 Å². The molecule has 0 unspecified atom stereocenters. The molecule has 0 aliphatic rings. The van der Waals surface area contributed by atoms with Crippen molar-refractivity contribution in [3.63, 3.8) is 0 Å². The van der Waals surface area contributed by atoms with E-state index in [-0.39, 0.29) is 0 Å². The quantitative estimate of drug-likeness (QED) is 0.590. The van der Waals surface area contributed by atoms with Gasteiger partial charge in [0.25, 0.3) is 0 Å². The maximum atomic E-state index is 6.20. The second-order valence-corrected chi connectivity index (χ2v) is 6.36. The molecule has 3 N–H and O–H groups in total. The molecule has 23 heavy (non-hydrogen) atoms. The fourth-order valence-electron chi connectivity index (χ4n) is 3.23. The minimum absolute atomic E-state index is 0.745. The fraction of sp³-hybridized carbons (Fsp3) is 0.300. The van der Waals surface area contributed by atoms with Crippen molar-refractivity contribution in [1.29, 1.82) is 0 Å². The van der Waals surface area contributed by atoms with Crippen LogP contribution in [-0.4, -0.2) is 11.5 Å². The zero-order chi connectivity index (χ0) is 16.2. The first kappa shape index (κ1) is 16.1. The molecule has 0 atom stereocenters. The lowest BCUT2D eigenvalue weighted by Gasteiger charge is -2.06. The molecule has 3 heteroatoms. The van der Waals surface area contributed by atoms with Crippen LogP contribution in [0, 0.1) is 0 Å². The summed E-state index contributed by atoms with van der Waals surface area (Å²) in [6.07, 6.45) is 4.21. The number of aryl methyl sites for hydroxylation is 2. The highest BCUT2D eigenvalue weighted by Crippen LogP contribution is 2.34. The number of nitrogens with one attached hydrogen (secondary N) is 1. The van der Waals surface area contributed by atoms with Gasteiger partial charge >= 0.3 is 0 Å². The highest BCUT2D eigenvalue weighted by Gasteiger charge is 2.14. The molecule has 0 aliphatic carbocycles. The molecule has 0 aliphatic heterocycles. The van der Waals surface area contributed by atoms with E-state index >= 15 is 0 Å². The van der Waals surface area contributed by atoms with Crippen molar-refractivity contribution < 1.29 is 0 Å². The SMILES string of the molecule is CCc1cccc2c(CCCCN)c(-c3cccc(Cl)c3)[nH]c12. The molecule has 0 saturated heterocycles. The molecule has 3 rings (SSSR count). The van der Waals surface area contributed by atoms with E-state index < -0.39 is 0 Å². The lowest BCUT2D eigenvalue weighted by atomic mass is 9.99. The molecule has 0 spiro atoms. The summed E-state index contributed by atoms with van der Waals surface area (Å²) in [4.78, 5) is 3.66. The highest BCUT2D eigenvalue weighted by molar-refractivity contribution is 6.30. The largest absolute Gasteiger partial charge is 0.354 e. The molecule has 0 radical (unpaired) electrons. The smallest absolute Gasteiger partial charge is 0.0497 e. The number of H-pyrrole nitrogens is 1. The summed E-state index contributed by atoms with van der Waals surface area (Å²) >= 11 is 6.20. The Morgan fingerprint density at radius 1 is 1.09 bits per heavy atom. The minimum atomic E-state index is 0.745. The predicted molar refractivity (Wildman–Crippen MR) is 100 cm³/mol. The summed E-state index contributed by atoms with van der Waals surface area (Å²) in [6, 6.07) is 14.6. The van der Waals surface area contributed by atoms with E-state index in [2.05, 4.69) is 36.2 Å². The second kappa shape index (κ2) is 7.20. The molecular formula is C20H23ClN2. The lowest BCUT2D eigenvalue weighted by Crippen LogP contribution is -1.99. The molecule has 0 amide bonds. The third kappa shape index (κ3) is 3.29. The van der Waals surface area contributed by atoms with E-state index in [0.717, 1.165) is 42.8 Å². The number of halogens is 1. The Balaban J connectivity index is 2.16. The first-order valence-electron chi connectivity index (χ1n) is 8.33. The molecule has 0 saturated carbocycles. The van der Waals surface area contributed by atoms with E-state index in [0.29, 0.717) is 0 Å². The van der Waals surface area contributed by atoms with E-state index in [1.165, 1.54) is 27.7 Å². The monoisotopic (exact) mass is 326 g/mol. The van der Waals surface area contributed by atoms with Crippen LogP contribution in [0.1, 0.15) is 30.9 Å². The fourth-order valence-corrected chi connectivity index (χ4v) is 3.42. The van der Waals surface area contributed by atoms with E-state index in [1.54, 1.807) is 0 Å². The Kier molecular flexibility index (Phi) is 5.04. The van der Waals surface area contributed by atoms with Crippen molar-refractivity contribution in [2.75, 3.05) is 6.54 Å². The Morgan fingerprint density at radius 2 is 1.91 bits per heavy atom. The van der Waals surface area contributed by atoms with Gasteiger partial charge < -0.3 is 10.7 Å². The van der Waals surface area contributed by atoms with E-state index in [4.69, 9.17) is 17.3 Å². The van der Waals surface area contributed by atoms with Crippen molar-refractivity contribution in [2.45, 2.75) is 32.6 Å². The van der Waals surface area contributed by atoms with E-state index in [9.17, 15) is 0 Å². The van der Waals surface area contributed by atoms with Crippen LogP contribution in [0.2, 0.25) is 5.02 Å². The summed E-state index contributed by atoms with van der Waals surface area (Å²) in [7, 11) is 0. The van der Waals surface area contributed by atoms with Crippen LogP contribution in [-0.2, 0) is 12.8 Å². The second-order valence-electron chi connectivity index (χ2n) is 5.93. The van der Waals surface area contributed by atoms with Gasteiger partial charge in [0.1, 0.15) is 0 Å². The Bertz CT molecular complexity index is 805. The minimum Gasteiger partial charge on any atom is -0.354 e. The number of hydrogen-bond donors (Lipinski definition) is 2. The normalized spacial score (nSPS) is 11.3. The highest BCUT2D eigenvalue weighted by atomic mass is 35.5. The van der Waals surface area contributed by atoms with Crippen molar-refractivity contribution in [3.05, 3.63) is 58.6 Å². The van der Waals surface area contributed by atoms with Gasteiger partial charge in [0, 0.05) is 21.6 Å². The van der Waals surface area contributed by atoms with Crippen LogP contribution in [0.25, 0.3) is 22.2 Å². The maximum Gasteiger partial charge on any atom is 0.0497 e. The van der Waals surface area contributed by atoms with Crippen LogP contribution in [0.15, 0.2) is 42.5 Å². The average molecular weight is 327 g/mol. The van der Waals surface area contributed by atoms with Gasteiger partial charge in [-0.25, -0.2) is 0 Å². The van der Waals surface area contributed by atoms with Gasteiger partial charge in [0.2, 0.25) is 0 Å². The molecule has 120 valence electrons. The summed E-state index contributed by atoms with van der Waals surface area (Å²) in [5.74, 6) is 0. The van der Waals surface area contributed by atoms with Gasteiger partial charge in [-0.15, -0.1) is 0 Å². The lowest BCUT2D eigenvalue weighted by molar-refractivity contribution is 0.748. The number of nitrogens with two attached hydrogens (primary N) is 1. The van der Waals surface area contributed by atoms with Crippen LogP contribution >= 0.6 is 11.6 Å². The van der Waals surface area contributed by atoms with Gasteiger partial charge in [-0.05, 0) is 61.1 Å². The number of fused-ring (bicyclic) bond motifs is 1. The van der Waals surface area contributed by atoms with Crippen LogP contribution < -0.4 is 5.73 Å². The first-order chi connectivity index (χ1) is 11.2. The molecule has 1 aromatic heterocycles. The number of aromatic nitrogens is 1. The Hall–Kier alpha value is -1.77. The van der Waals surface area contributed by atoms with Gasteiger partial charge in [-0.1, -0.05) is 48.9 Å². The predicted octanol–water partition coefficient (Wildman–Crippen LogP) is 5.33. The molecule has 3 aromatic rings. The van der Waals surface area contributed by atoms with Gasteiger partial charge in [-0.2, -0.15) is 0 Å². The zero-order valence-electron chi connectivity index (χ0n) is 13.5. The first-order valence-corrected chi connectivity index (χ1v) is 8.70. The van der Waals surface area contributed by atoms with Crippen LogP contribution in [0.4, 0.5) is 0 Å². The van der Waals surface area contributed by atoms with Crippen molar-refractivity contribution in [2.24, 2.45) is 5.73 Å². The average Bonchev–Trinajstić information content (AvgIpc) is 2.94. The Labute approximate surface area is 142 Å². The Morgan fingerprint density at radius 3 is 2.65 bits per heavy atom. The van der Waals surface area contributed by atoms with Gasteiger partial charge in [0.05, 0.1) is 0 Å². The third-order valence-corrected chi connectivity index (χ3v) is 4.64. The summed E-state index contributed by atoms with van der Waals surface area (Å²) in [5, 5.41) is 2.10. The number of rotatable bonds is 6. The topological polar surface area (TPSA) is 41.8 Å². The van der Waals surface area contributed by atoms with Crippen LogP contribution in [0.5, 0.6) is 0 Å². The summed E-state index contributed by atoms with van der Waals surface area (Å²) < 4.78 is 0. The third-order valence-electron chi connectivity index (χ3n) is 4.40. The molecule has 2 aromatic carbocycles. The number of unbranched alkanes of at least 4 members (excludes halogenated alkanes) is 1. The molecule has 2 nitrogen and oxygen atoms in total. The van der Waals surface area contributed by atoms with Crippen molar-refractivity contribution in [3.8, 4) is 11.3 Å². The van der Waals surface area contributed by atoms with Crippen molar-refractivity contribution in [1.82, 2.24) is 4.98 Å².